The summed E-state index contributed by atoms with van der Waals surface area (Å²) in [4.78, 5) is -0.0864. The molecule has 0 aliphatic carbocycles. The summed E-state index contributed by atoms with van der Waals surface area (Å²) in [5.74, 6) is -1.97. The fraction of sp³-hybridized carbons (Fsp3) is 0.0714. The van der Waals surface area contributed by atoms with Crippen molar-refractivity contribution in [3.63, 3.8) is 0 Å². The van der Waals surface area contributed by atoms with Gasteiger partial charge in [0.15, 0.2) is 17.4 Å². The van der Waals surface area contributed by atoms with Crippen LogP contribution in [0.15, 0.2) is 30.3 Å². The smallest absolute Gasteiger partial charge is 0.198 e. The molecule has 2 nitrogen and oxygen atoms in total. The van der Waals surface area contributed by atoms with Crippen LogP contribution in [0.3, 0.4) is 0 Å². The largest absolute Gasteiger partial charge is 0.451 e. The molecular weight excluding hydrogens is 304 g/mol. The third kappa shape index (κ3) is 3.05. The summed E-state index contributed by atoms with van der Waals surface area (Å²) in [6, 6.07) is 6.76. The van der Waals surface area contributed by atoms with Gasteiger partial charge in [-0.15, -0.1) is 0 Å². The molecule has 0 saturated carbocycles. The number of rotatable bonds is 3. The van der Waals surface area contributed by atoms with Crippen LogP contribution in [0.4, 0.5) is 8.78 Å². The van der Waals surface area contributed by atoms with Gasteiger partial charge in [-0.3, -0.25) is 0 Å². The molecule has 2 aromatic rings. The number of nitrogens with two attached hydrogens (primary N) is 1. The van der Waals surface area contributed by atoms with Gasteiger partial charge >= 0.3 is 0 Å². The second-order valence-corrected chi connectivity index (χ2v) is 4.99. The van der Waals surface area contributed by atoms with Crippen molar-refractivity contribution < 1.29 is 13.5 Å². The maximum atomic E-state index is 13.8. The number of benzene rings is 2. The van der Waals surface area contributed by atoms with Crippen LogP contribution in [-0.2, 0) is 0 Å². The van der Waals surface area contributed by atoms with Crippen molar-refractivity contribution >= 4 is 28.8 Å². The average Bonchev–Trinajstić information content (AvgIpc) is 2.37. The Balaban J connectivity index is 2.38. The third-order valence-electron chi connectivity index (χ3n) is 2.63. The van der Waals surface area contributed by atoms with E-state index in [1.165, 1.54) is 6.07 Å². The fourth-order valence-electron chi connectivity index (χ4n) is 1.60. The molecule has 0 unspecified atom stereocenters. The highest BCUT2D eigenvalue weighted by Crippen LogP contribution is 2.30. The number of halogens is 3. The quantitative estimate of drug-likeness (QED) is 0.855. The van der Waals surface area contributed by atoms with Crippen molar-refractivity contribution in [1.82, 2.24) is 0 Å². The lowest BCUT2D eigenvalue weighted by Gasteiger charge is -2.10. The lowest BCUT2D eigenvalue weighted by atomic mass is 10.2. The normalized spacial score (nSPS) is 10.4. The molecule has 6 heteroatoms. The van der Waals surface area contributed by atoms with Crippen LogP contribution in [0.2, 0.25) is 5.02 Å². The fourth-order valence-corrected chi connectivity index (χ4v) is 1.83. The van der Waals surface area contributed by atoms with Crippen molar-refractivity contribution in [3.8, 4) is 11.5 Å². The minimum atomic E-state index is -0.875. The molecule has 0 aliphatic heterocycles. The van der Waals surface area contributed by atoms with Crippen LogP contribution in [0.5, 0.6) is 11.5 Å². The van der Waals surface area contributed by atoms with Gasteiger partial charge in [-0.25, -0.2) is 8.78 Å². The molecule has 2 aromatic carbocycles. The number of ether oxygens (including phenoxy) is 1. The van der Waals surface area contributed by atoms with E-state index in [1.54, 1.807) is 19.1 Å². The summed E-state index contributed by atoms with van der Waals surface area (Å²) in [7, 11) is 0. The molecular formula is C14H10ClF2NOS. The summed E-state index contributed by atoms with van der Waals surface area (Å²) in [6.45, 7) is 1.76. The molecule has 0 spiro atoms. The molecule has 104 valence electrons. The first-order valence-corrected chi connectivity index (χ1v) is 6.40. The molecule has 0 atom stereocenters. The van der Waals surface area contributed by atoms with Crippen molar-refractivity contribution in [2.24, 2.45) is 5.73 Å². The Morgan fingerprint density at radius 1 is 1.20 bits per heavy atom. The Morgan fingerprint density at radius 2 is 1.80 bits per heavy atom. The molecule has 0 saturated heterocycles. The maximum absolute atomic E-state index is 13.8. The topological polar surface area (TPSA) is 35.2 Å². The molecule has 0 amide bonds. The summed E-state index contributed by atoms with van der Waals surface area (Å²) in [5.41, 5.74) is 6.18. The zero-order valence-corrected chi connectivity index (χ0v) is 12.0. The molecule has 0 heterocycles. The molecule has 0 fully saturated rings. The van der Waals surface area contributed by atoms with E-state index in [1.807, 2.05) is 0 Å². The summed E-state index contributed by atoms with van der Waals surface area (Å²) in [6.07, 6.45) is 0. The highest BCUT2D eigenvalue weighted by molar-refractivity contribution is 7.80. The summed E-state index contributed by atoms with van der Waals surface area (Å²) >= 11 is 10.5. The van der Waals surface area contributed by atoms with Gasteiger partial charge in [-0.1, -0.05) is 23.8 Å². The van der Waals surface area contributed by atoms with Crippen LogP contribution in [0, 0.1) is 18.6 Å². The van der Waals surface area contributed by atoms with Gasteiger partial charge in [-0.2, -0.15) is 0 Å². The van der Waals surface area contributed by atoms with Gasteiger partial charge < -0.3 is 10.5 Å². The molecule has 0 bridgehead atoms. The Labute approximate surface area is 125 Å². The third-order valence-corrected chi connectivity index (χ3v) is 3.29. The molecule has 0 aromatic heterocycles. The van der Waals surface area contributed by atoms with E-state index in [9.17, 15) is 8.78 Å². The zero-order valence-electron chi connectivity index (χ0n) is 10.4. The number of aryl methyl sites for hydroxylation is 1. The van der Waals surface area contributed by atoms with E-state index in [0.717, 1.165) is 17.7 Å². The second kappa shape index (κ2) is 5.73. The van der Waals surface area contributed by atoms with Gasteiger partial charge in [-0.05, 0) is 42.8 Å². The molecule has 0 radical (unpaired) electrons. The van der Waals surface area contributed by atoms with Crippen LogP contribution in [0.25, 0.3) is 0 Å². The number of hydrogen-bond donors (Lipinski definition) is 1. The van der Waals surface area contributed by atoms with Crippen molar-refractivity contribution in [2.45, 2.75) is 6.92 Å². The minimum Gasteiger partial charge on any atom is -0.451 e. The van der Waals surface area contributed by atoms with Crippen LogP contribution in [0.1, 0.15) is 11.1 Å². The first kappa shape index (κ1) is 14.7. The second-order valence-electron chi connectivity index (χ2n) is 4.15. The van der Waals surface area contributed by atoms with Gasteiger partial charge in [0, 0.05) is 10.6 Å². The van der Waals surface area contributed by atoms with E-state index in [0.29, 0.717) is 5.02 Å². The standard InChI is InChI=1S/C14H10ClF2NOS/c1-7-4-9(2-3-10(7)15)19-13-11(16)5-8(14(18)20)6-12(13)17/h2-6H,1H3,(H2,18,20). The SMILES string of the molecule is Cc1cc(Oc2c(F)cc(C(N)=S)cc2F)ccc1Cl. The Morgan fingerprint density at radius 3 is 2.30 bits per heavy atom. The summed E-state index contributed by atoms with van der Waals surface area (Å²) < 4.78 is 32.9. The monoisotopic (exact) mass is 313 g/mol. The van der Waals surface area contributed by atoms with E-state index in [-0.39, 0.29) is 16.3 Å². The van der Waals surface area contributed by atoms with Gasteiger partial charge in [0.25, 0.3) is 0 Å². The van der Waals surface area contributed by atoms with Gasteiger partial charge in [0.2, 0.25) is 0 Å². The first-order chi connectivity index (χ1) is 9.38. The minimum absolute atomic E-state index is 0.0864. The van der Waals surface area contributed by atoms with Crippen molar-refractivity contribution in [1.29, 1.82) is 0 Å². The average molecular weight is 314 g/mol. The zero-order chi connectivity index (χ0) is 14.9. The lowest BCUT2D eigenvalue weighted by Crippen LogP contribution is -2.10. The van der Waals surface area contributed by atoms with E-state index in [2.05, 4.69) is 12.2 Å². The first-order valence-electron chi connectivity index (χ1n) is 5.61. The lowest BCUT2D eigenvalue weighted by molar-refractivity contribution is 0.407. The number of hydrogen-bond acceptors (Lipinski definition) is 2. The van der Waals surface area contributed by atoms with Crippen molar-refractivity contribution in [2.75, 3.05) is 0 Å². The highest BCUT2D eigenvalue weighted by Gasteiger charge is 2.15. The van der Waals surface area contributed by atoms with Gasteiger partial charge in [0.05, 0.1) is 0 Å². The Bertz CT molecular complexity index is 668. The van der Waals surface area contributed by atoms with Crippen molar-refractivity contribution in [3.05, 3.63) is 58.1 Å². The van der Waals surface area contributed by atoms with E-state index < -0.39 is 17.4 Å². The predicted octanol–water partition coefficient (Wildman–Crippen LogP) is 4.35. The van der Waals surface area contributed by atoms with Crippen LogP contribution in [-0.4, -0.2) is 4.99 Å². The van der Waals surface area contributed by atoms with E-state index in [4.69, 9.17) is 22.1 Å². The highest BCUT2D eigenvalue weighted by atomic mass is 35.5. The maximum Gasteiger partial charge on any atom is 0.198 e. The van der Waals surface area contributed by atoms with Crippen LogP contribution < -0.4 is 10.5 Å². The Hall–Kier alpha value is -1.72. The van der Waals surface area contributed by atoms with Gasteiger partial charge in [0.1, 0.15) is 10.7 Å². The molecule has 2 rings (SSSR count). The molecule has 2 N–H and O–H groups in total. The Kier molecular flexibility index (Phi) is 4.20. The summed E-state index contributed by atoms with van der Waals surface area (Å²) in [5, 5.41) is 0.544. The predicted molar refractivity (Wildman–Crippen MR) is 78.5 cm³/mol. The van der Waals surface area contributed by atoms with E-state index >= 15 is 0 Å². The molecule has 0 aliphatic rings. The number of thiocarbonyl (C=S) groups is 1. The molecule has 20 heavy (non-hydrogen) atoms. The van der Waals surface area contributed by atoms with Crippen LogP contribution >= 0.6 is 23.8 Å².